The molecule has 174 valence electrons. The number of thioether (sulfide) groups is 1. The number of hydrogen-bond acceptors (Lipinski definition) is 8. The number of ether oxygens (including phenoxy) is 2. The second-order valence-electron chi connectivity index (χ2n) is 8.35. The number of hydrogen-bond donors (Lipinski definition) is 0. The molecule has 9 heteroatoms. The molecular formula is C20H44N3O4PS. The maximum Gasteiger partial charge on any atom is 0.192 e. The van der Waals surface area contributed by atoms with Crippen LogP contribution in [0, 0.1) is 0 Å². The Morgan fingerprint density at radius 1 is 0.828 bits per heavy atom. The van der Waals surface area contributed by atoms with Gasteiger partial charge in [0.05, 0.1) is 0 Å². The van der Waals surface area contributed by atoms with E-state index in [1.807, 2.05) is 19.0 Å². The summed E-state index contributed by atoms with van der Waals surface area (Å²) in [5.74, 6) is 0.301. The van der Waals surface area contributed by atoms with Gasteiger partial charge in [-0.05, 0) is 69.5 Å². The number of carbonyl (C=O) groups is 1. The van der Waals surface area contributed by atoms with Gasteiger partial charge in [0.15, 0.2) is 27.2 Å². The molecule has 0 saturated carbocycles. The van der Waals surface area contributed by atoms with Gasteiger partial charge >= 0.3 is 0 Å². The fourth-order valence-corrected chi connectivity index (χ4v) is 5.71. The molecule has 0 aromatic carbocycles. The van der Waals surface area contributed by atoms with Crippen LogP contribution in [-0.4, -0.2) is 83.7 Å². The van der Waals surface area contributed by atoms with Gasteiger partial charge in [0.1, 0.15) is 5.94 Å². The smallest absolute Gasteiger partial charge is 0.192 e. The summed E-state index contributed by atoms with van der Waals surface area (Å²) < 4.78 is 22.0. The van der Waals surface area contributed by atoms with Crippen LogP contribution in [0.2, 0.25) is 0 Å². The van der Waals surface area contributed by atoms with E-state index in [4.69, 9.17) is 14.0 Å². The fraction of sp³-hybridized carbons (Fsp3) is 0.950. The molecule has 0 bridgehead atoms. The molecule has 0 aliphatic carbocycles. The molecular weight excluding hydrogens is 409 g/mol. The van der Waals surface area contributed by atoms with Crippen molar-refractivity contribution < 1.29 is 18.8 Å². The lowest BCUT2D eigenvalue weighted by Gasteiger charge is -2.45. The number of nitrogens with zero attached hydrogens (tertiary/aromatic N) is 3. The molecule has 0 heterocycles. The molecule has 0 aliphatic rings. The molecule has 0 saturated heterocycles. The van der Waals surface area contributed by atoms with Crippen LogP contribution in [-0.2, 0) is 18.8 Å². The van der Waals surface area contributed by atoms with E-state index in [2.05, 4.69) is 64.7 Å². The lowest BCUT2D eigenvalue weighted by atomic mass is 10.3. The third kappa shape index (κ3) is 12.6. The summed E-state index contributed by atoms with van der Waals surface area (Å²) in [5, 5.41) is 0.132. The van der Waals surface area contributed by atoms with Crippen molar-refractivity contribution in [3.63, 3.8) is 0 Å². The number of carbonyl (C=O) groups excluding carboxylic acids is 1. The first-order valence-corrected chi connectivity index (χ1v) is 12.6. The second kappa shape index (κ2) is 15.9. The van der Waals surface area contributed by atoms with Crippen LogP contribution in [0.1, 0.15) is 61.8 Å². The maximum absolute atomic E-state index is 11.7. The summed E-state index contributed by atoms with van der Waals surface area (Å²) in [6.07, 6.45) is 0.524. The van der Waals surface area contributed by atoms with Gasteiger partial charge in [0.25, 0.3) is 0 Å². The molecule has 0 unspecified atom stereocenters. The van der Waals surface area contributed by atoms with E-state index in [0.29, 0.717) is 36.5 Å². The second-order valence-corrected chi connectivity index (χ2v) is 11.0. The Kier molecular flexibility index (Phi) is 16.0. The van der Waals surface area contributed by atoms with Gasteiger partial charge in [-0.15, -0.1) is 0 Å². The van der Waals surface area contributed by atoms with Crippen molar-refractivity contribution in [1.29, 1.82) is 0 Å². The van der Waals surface area contributed by atoms with Crippen molar-refractivity contribution in [2.24, 2.45) is 0 Å². The zero-order chi connectivity index (χ0) is 22.6. The van der Waals surface area contributed by atoms with Gasteiger partial charge in [-0.1, -0.05) is 11.8 Å². The molecule has 7 nitrogen and oxygen atoms in total. The zero-order valence-corrected chi connectivity index (χ0v) is 21.9. The minimum Gasteiger partial charge on any atom is -0.344 e. The molecule has 0 radical (unpaired) electrons. The van der Waals surface area contributed by atoms with Crippen molar-refractivity contribution in [3.05, 3.63) is 0 Å². The van der Waals surface area contributed by atoms with E-state index in [1.165, 1.54) is 11.8 Å². The van der Waals surface area contributed by atoms with E-state index >= 15 is 0 Å². The van der Waals surface area contributed by atoms with E-state index in [1.54, 1.807) is 0 Å². The Hall–Kier alpha value is 0.210. The van der Waals surface area contributed by atoms with Crippen LogP contribution in [0.3, 0.4) is 0 Å². The molecule has 29 heavy (non-hydrogen) atoms. The number of rotatable bonds is 16. The topological polar surface area (TPSA) is 54.5 Å². The average Bonchev–Trinajstić information content (AvgIpc) is 2.57. The van der Waals surface area contributed by atoms with Crippen molar-refractivity contribution >= 4 is 25.3 Å². The highest BCUT2D eigenvalue weighted by Crippen LogP contribution is 2.50. The minimum absolute atomic E-state index is 0.115. The molecule has 0 spiro atoms. The summed E-state index contributed by atoms with van der Waals surface area (Å²) in [7, 11) is 2.94. The predicted molar refractivity (Wildman–Crippen MR) is 125 cm³/mol. The van der Waals surface area contributed by atoms with Crippen LogP contribution in [0.5, 0.6) is 0 Å². The summed E-state index contributed by atoms with van der Waals surface area (Å²) in [4.78, 5) is 13.7. The summed E-state index contributed by atoms with van der Waals surface area (Å²) in [6, 6.07) is 1.45. The first-order chi connectivity index (χ1) is 13.5. The third-order valence-electron chi connectivity index (χ3n) is 4.00. The Morgan fingerprint density at radius 3 is 1.72 bits per heavy atom. The quantitative estimate of drug-likeness (QED) is 0.191. The first-order valence-electron chi connectivity index (χ1n) is 10.4. The lowest BCUT2D eigenvalue weighted by molar-refractivity contribution is -0.111. The summed E-state index contributed by atoms with van der Waals surface area (Å²) in [6.45, 7) is 18.6. The first kappa shape index (κ1) is 29.2. The van der Waals surface area contributed by atoms with Crippen molar-refractivity contribution in [1.82, 2.24) is 14.2 Å². The van der Waals surface area contributed by atoms with Gasteiger partial charge in [0.2, 0.25) is 0 Å². The van der Waals surface area contributed by atoms with Crippen molar-refractivity contribution in [2.45, 2.75) is 86.0 Å². The Balaban J connectivity index is 4.52. The van der Waals surface area contributed by atoms with Gasteiger partial charge in [-0.2, -0.15) is 0 Å². The molecule has 0 fully saturated rings. The van der Waals surface area contributed by atoms with Crippen LogP contribution < -0.4 is 0 Å². The van der Waals surface area contributed by atoms with Gasteiger partial charge in [0, 0.05) is 37.1 Å². The highest BCUT2D eigenvalue weighted by atomic mass is 32.2. The zero-order valence-electron chi connectivity index (χ0n) is 20.2. The molecule has 0 rings (SSSR count). The van der Waals surface area contributed by atoms with E-state index in [-0.39, 0.29) is 18.7 Å². The Morgan fingerprint density at radius 2 is 1.31 bits per heavy atom. The molecule has 0 N–H and O–H groups in total. The lowest BCUT2D eigenvalue weighted by Crippen LogP contribution is -2.43. The monoisotopic (exact) mass is 453 g/mol. The third-order valence-corrected chi connectivity index (χ3v) is 7.78. The largest absolute Gasteiger partial charge is 0.344 e. The van der Waals surface area contributed by atoms with Crippen molar-refractivity contribution in [2.75, 3.05) is 40.2 Å². The molecule has 0 aromatic rings. The Bertz CT molecular complexity index is 404. The molecule has 0 aromatic heterocycles. The van der Waals surface area contributed by atoms with Crippen LogP contribution in [0.15, 0.2) is 0 Å². The Labute approximate surface area is 184 Å². The van der Waals surface area contributed by atoms with Gasteiger partial charge < -0.3 is 18.9 Å². The standard InChI is InChI=1S/C20H44N3O4PS/c1-16(2)22(17(3)4)28(23(18(5)6)19(7)8)27-14-25-13-26-15-29-20(24)11-12-21(9)10/h16-19H,11-15H2,1-10H3. The van der Waals surface area contributed by atoms with Gasteiger partial charge in [-0.3, -0.25) is 4.79 Å². The van der Waals surface area contributed by atoms with E-state index < -0.39 is 8.45 Å². The molecule has 0 amide bonds. The minimum atomic E-state index is -0.969. The van der Waals surface area contributed by atoms with Crippen LogP contribution >= 0.6 is 20.2 Å². The average molecular weight is 454 g/mol. The highest BCUT2D eigenvalue weighted by Gasteiger charge is 2.34. The predicted octanol–water partition coefficient (Wildman–Crippen LogP) is 4.58. The maximum atomic E-state index is 11.7. The van der Waals surface area contributed by atoms with Crippen LogP contribution in [0.4, 0.5) is 0 Å². The van der Waals surface area contributed by atoms with Crippen LogP contribution in [0.25, 0.3) is 0 Å². The SMILES string of the molecule is CC(C)N(C(C)C)P(OCOCOCSC(=O)CCN(C)C)N(C(C)C)C(C)C. The summed E-state index contributed by atoms with van der Waals surface area (Å²) in [5.41, 5.74) is 0. The summed E-state index contributed by atoms with van der Waals surface area (Å²) >= 11 is 1.19. The fourth-order valence-electron chi connectivity index (χ4n) is 2.94. The molecule has 0 atom stereocenters. The van der Waals surface area contributed by atoms with E-state index in [0.717, 1.165) is 6.54 Å². The van der Waals surface area contributed by atoms with E-state index in [9.17, 15) is 4.79 Å². The normalized spacial score (nSPS) is 12.9. The van der Waals surface area contributed by atoms with Crippen molar-refractivity contribution in [3.8, 4) is 0 Å². The highest BCUT2D eigenvalue weighted by molar-refractivity contribution is 8.13. The van der Waals surface area contributed by atoms with Gasteiger partial charge in [-0.25, -0.2) is 9.34 Å². The molecule has 0 aliphatic heterocycles.